The predicted octanol–water partition coefficient (Wildman–Crippen LogP) is 3.00. The number of benzene rings is 2. The molecule has 2 nitrogen and oxygen atoms in total. The average Bonchev–Trinajstić information content (AvgIpc) is 2.29. The van der Waals surface area contributed by atoms with Crippen LogP contribution in [0.2, 0.25) is 0 Å². The fraction of sp³-hybridized carbons (Fsp3) is 0.200. The molecule has 0 saturated carbocycles. The number of rotatable bonds is 3. The summed E-state index contributed by atoms with van der Waals surface area (Å²) in [5.74, 6) is 0. The second-order valence-electron chi connectivity index (χ2n) is 4.56. The molecule has 88 valence electrons. The van der Waals surface area contributed by atoms with Crippen LogP contribution in [0.25, 0.3) is 11.1 Å². The zero-order valence-electron chi connectivity index (χ0n) is 10.4. The van der Waals surface area contributed by atoms with E-state index in [-0.39, 0.29) is 0 Å². The Balaban J connectivity index is 2.29. The first-order chi connectivity index (χ1) is 8.15. The first kappa shape index (κ1) is 11.7. The molecule has 2 aromatic rings. The van der Waals surface area contributed by atoms with Crippen molar-refractivity contribution in [3.8, 4) is 11.1 Å². The molecule has 0 radical (unpaired) electrons. The Hall–Kier alpha value is -1.80. The summed E-state index contributed by atoms with van der Waals surface area (Å²) in [5.41, 5.74) is 10.3. The summed E-state index contributed by atoms with van der Waals surface area (Å²) in [6, 6.07) is 16.6. The SMILES string of the molecule is CN(C)Cc1cccc(-c2ccc(N)cc2)c1. The maximum absolute atomic E-state index is 5.69. The van der Waals surface area contributed by atoms with E-state index in [9.17, 15) is 0 Å². The van der Waals surface area contributed by atoms with Crippen molar-refractivity contribution in [2.24, 2.45) is 0 Å². The van der Waals surface area contributed by atoms with Gasteiger partial charge in [-0.25, -0.2) is 0 Å². The smallest absolute Gasteiger partial charge is 0.0314 e. The van der Waals surface area contributed by atoms with Crippen LogP contribution in [0.15, 0.2) is 48.5 Å². The molecule has 0 atom stereocenters. The number of hydrogen-bond donors (Lipinski definition) is 1. The molecular weight excluding hydrogens is 208 g/mol. The first-order valence-electron chi connectivity index (χ1n) is 5.75. The van der Waals surface area contributed by atoms with Crippen molar-refractivity contribution in [1.82, 2.24) is 4.90 Å². The van der Waals surface area contributed by atoms with Crippen molar-refractivity contribution in [3.63, 3.8) is 0 Å². The standard InChI is InChI=1S/C15H18N2/c1-17(2)11-12-4-3-5-14(10-12)13-6-8-15(16)9-7-13/h3-10H,11,16H2,1-2H3. The Kier molecular flexibility index (Phi) is 3.45. The lowest BCUT2D eigenvalue weighted by atomic mass is 10.0. The van der Waals surface area contributed by atoms with Crippen molar-refractivity contribution in [2.45, 2.75) is 6.54 Å². The van der Waals surface area contributed by atoms with Gasteiger partial charge in [-0.2, -0.15) is 0 Å². The van der Waals surface area contributed by atoms with E-state index >= 15 is 0 Å². The van der Waals surface area contributed by atoms with Gasteiger partial charge in [0.15, 0.2) is 0 Å². The number of anilines is 1. The zero-order valence-corrected chi connectivity index (χ0v) is 10.4. The molecule has 0 spiro atoms. The van der Waals surface area contributed by atoms with E-state index in [0.29, 0.717) is 0 Å². The summed E-state index contributed by atoms with van der Waals surface area (Å²) < 4.78 is 0. The zero-order chi connectivity index (χ0) is 12.3. The Morgan fingerprint density at radius 3 is 2.29 bits per heavy atom. The molecule has 0 aliphatic heterocycles. The van der Waals surface area contributed by atoms with E-state index in [0.717, 1.165) is 12.2 Å². The Morgan fingerprint density at radius 2 is 1.65 bits per heavy atom. The maximum atomic E-state index is 5.69. The Morgan fingerprint density at radius 1 is 0.941 bits per heavy atom. The fourth-order valence-electron chi connectivity index (χ4n) is 1.89. The van der Waals surface area contributed by atoms with Gasteiger partial charge in [-0.15, -0.1) is 0 Å². The Bertz CT molecular complexity index is 487. The molecule has 2 N–H and O–H groups in total. The molecule has 0 heterocycles. The first-order valence-corrected chi connectivity index (χ1v) is 5.75. The van der Waals surface area contributed by atoms with Crippen LogP contribution in [0.4, 0.5) is 5.69 Å². The highest BCUT2D eigenvalue weighted by molar-refractivity contribution is 5.66. The van der Waals surface area contributed by atoms with Gasteiger partial charge in [0.05, 0.1) is 0 Å². The molecule has 0 unspecified atom stereocenters. The molecule has 2 aromatic carbocycles. The van der Waals surface area contributed by atoms with E-state index in [1.54, 1.807) is 0 Å². The summed E-state index contributed by atoms with van der Waals surface area (Å²) in [6.45, 7) is 0.961. The normalized spacial score (nSPS) is 10.8. The average molecular weight is 226 g/mol. The van der Waals surface area contributed by atoms with Gasteiger partial charge >= 0.3 is 0 Å². The molecule has 0 aromatic heterocycles. The van der Waals surface area contributed by atoms with Crippen molar-refractivity contribution in [3.05, 3.63) is 54.1 Å². The predicted molar refractivity (Wildman–Crippen MR) is 73.7 cm³/mol. The second kappa shape index (κ2) is 5.02. The Labute approximate surface area is 103 Å². The number of nitrogens with two attached hydrogens (primary N) is 1. The summed E-state index contributed by atoms with van der Waals surface area (Å²) in [4.78, 5) is 2.17. The van der Waals surface area contributed by atoms with Crippen LogP contribution in [0.5, 0.6) is 0 Å². The molecule has 0 aliphatic carbocycles. The summed E-state index contributed by atoms with van der Waals surface area (Å²) >= 11 is 0. The molecule has 2 rings (SSSR count). The van der Waals surface area contributed by atoms with E-state index in [4.69, 9.17) is 5.73 Å². The third kappa shape index (κ3) is 3.08. The highest BCUT2D eigenvalue weighted by atomic mass is 15.0. The van der Waals surface area contributed by atoms with Gasteiger partial charge in [0.25, 0.3) is 0 Å². The van der Waals surface area contributed by atoms with Gasteiger partial charge in [-0.1, -0.05) is 30.3 Å². The summed E-state index contributed by atoms with van der Waals surface area (Å²) in [7, 11) is 4.16. The van der Waals surface area contributed by atoms with Crippen molar-refractivity contribution in [2.75, 3.05) is 19.8 Å². The lowest BCUT2D eigenvalue weighted by Crippen LogP contribution is -2.10. The molecular formula is C15H18N2. The molecule has 2 heteroatoms. The summed E-state index contributed by atoms with van der Waals surface area (Å²) in [5, 5.41) is 0. The lowest BCUT2D eigenvalue weighted by Gasteiger charge is -2.11. The van der Waals surface area contributed by atoms with Crippen LogP contribution in [0.3, 0.4) is 0 Å². The van der Waals surface area contributed by atoms with Gasteiger partial charge < -0.3 is 10.6 Å². The van der Waals surface area contributed by atoms with Crippen LogP contribution >= 0.6 is 0 Å². The highest BCUT2D eigenvalue weighted by Gasteiger charge is 2.00. The van der Waals surface area contributed by atoms with Crippen molar-refractivity contribution in [1.29, 1.82) is 0 Å². The highest BCUT2D eigenvalue weighted by Crippen LogP contribution is 2.21. The third-order valence-electron chi connectivity index (χ3n) is 2.67. The van der Waals surface area contributed by atoms with Gasteiger partial charge in [0.2, 0.25) is 0 Å². The van der Waals surface area contributed by atoms with E-state index in [2.05, 4.69) is 55.4 Å². The largest absolute Gasteiger partial charge is 0.399 e. The van der Waals surface area contributed by atoms with Gasteiger partial charge in [0.1, 0.15) is 0 Å². The van der Waals surface area contributed by atoms with E-state index in [1.165, 1.54) is 16.7 Å². The molecule has 0 bridgehead atoms. The maximum Gasteiger partial charge on any atom is 0.0314 e. The summed E-state index contributed by atoms with van der Waals surface area (Å²) in [6.07, 6.45) is 0. The minimum Gasteiger partial charge on any atom is -0.399 e. The monoisotopic (exact) mass is 226 g/mol. The van der Waals surface area contributed by atoms with Gasteiger partial charge in [-0.3, -0.25) is 0 Å². The number of nitrogen functional groups attached to an aromatic ring is 1. The van der Waals surface area contributed by atoms with Crippen LogP contribution < -0.4 is 5.73 Å². The van der Waals surface area contributed by atoms with Crippen molar-refractivity contribution < 1.29 is 0 Å². The van der Waals surface area contributed by atoms with Crippen LogP contribution in [0, 0.1) is 0 Å². The molecule has 0 fully saturated rings. The van der Waals surface area contributed by atoms with Crippen LogP contribution in [-0.4, -0.2) is 19.0 Å². The molecule has 0 saturated heterocycles. The fourth-order valence-corrected chi connectivity index (χ4v) is 1.89. The van der Waals surface area contributed by atoms with Gasteiger partial charge in [-0.05, 0) is 49.0 Å². The third-order valence-corrected chi connectivity index (χ3v) is 2.67. The number of nitrogens with zero attached hydrogens (tertiary/aromatic N) is 1. The topological polar surface area (TPSA) is 29.3 Å². The molecule has 17 heavy (non-hydrogen) atoms. The van der Waals surface area contributed by atoms with E-state index < -0.39 is 0 Å². The molecule has 0 amide bonds. The van der Waals surface area contributed by atoms with Crippen molar-refractivity contribution >= 4 is 5.69 Å². The lowest BCUT2D eigenvalue weighted by molar-refractivity contribution is 0.402. The van der Waals surface area contributed by atoms with Gasteiger partial charge in [0, 0.05) is 12.2 Å². The number of hydrogen-bond acceptors (Lipinski definition) is 2. The van der Waals surface area contributed by atoms with E-state index in [1.807, 2.05) is 12.1 Å². The quantitative estimate of drug-likeness (QED) is 0.815. The minimum absolute atomic E-state index is 0.804. The molecule has 0 aliphatic rings. The second-order valence-corrected chi connectivity index (χ2v) is 4.56. The van der Waals surface area contributed by atoms with Crippen LogP contribution in [-0.2, 0) is 6.54 Å². The minimum atomic E-state index is 0.804. The van der Waals surface area contributed by atoms with Crippen LogP contribution in [0.1, 0.15) is 5.56 Å².